The second-order valence-electron chi connectivity index (χ2n) is 7.35. The molecule has 6 heteroatoms. The minimum Gasteiger partial charge on any atom is -0.450 e. The van der Waals surface area contributed by atoms with Crippen LogP contribution in [-0.2, 0) is 14.6 Å². The third-order valence-corrected chi connectivity index (χ3v) is 6.54. The Labute approximate surface area is 147 Å². The number of ether oxygens (including phenoxy) is 1. The van der Waals surface area contributed by atoms with Gasteiger partial charge in [-0.15, -0.1) is 0 Å². The average molecular weight is 362 g/mol. The van der Waals surface area contributed by atoms with Gasteiger partial charge in [0.1, 0.15) is 0 Å². The maximum absolute atomic E-state index is 11.7. The summed E-state index contributed by atoms with van der Waals surface area (Å²) in [4.78, 5) is 11.7. The first-order valence-corrected chi connectivity index (χ1v) is 11.3. The van der Waals surface area contributed by atoms with E-state index in [1.165, 1.54) is 51.4 Å². The largest absolute Gasteiger partial charge is 0.450 e. The molecule has 0 saturated carbocycles. The van der Waals surface area contributed by atoms with Crippen LogP contribution in [-0.4, -0.2) is 38.2 Å². The number of hydrogen-bond donors (Lipinski definition) is 1. The Bertz CT molecular complexity index is 464. The zero-order valence-electron chi connectivity index (χ0n) is 15.4. The maximum Gasteiger partial charge on any atom is 0.407 e. The van der Waals surface area contributed by atoms with E-state index in [2.05, 4.69) is 12.2 Å². The Hall–Kier alpha value is -0.780. The summed E-state index contributed by atoms with van der Waals surface area (Å²) in [7, 11) is -3.02. The van der Waals surface area contributed by atoms with Gasteiger partial charge in [0, 0.05) is 0 Å². The SMILES string of the molecule is CCCCCCCCCCCCOC(=O)N[C@@]1(C)CCS(=O)(=O)C1. The summed E-state index contributed by atoms with van der Waals surface area (Å²) in [6, 6.07) is 0. The standard InChI is InChI=1S/C18H35NO4S/c1-3-4-5-6-7-8-9-10-11-12-14-23-17(20)19-18(2)13-15-24(21,22)16-18/h3-16H2,1-2H3,(H,19,20)/t18-/m0/s1. The molecule has 1 heterocycles. The van der Waals surface area contributed by atoms with Crippen LogP contribution in [0.25, 0.3) is 0 Å². The third kappa shape index (κ3) is 9.50. The quantitative estimate of drug-likeness (QED) is 0.529. The molecular weight excluding hydrogens is 326 g/mol. The molecule has 1 N–H and O–H groups in total. The highest BCUT2D eigenvalue weighted by Crippen LogP contribution is 2.22. The van der Waals surface area contributed by atoms with Crippen molar-refractivity contribution in [3.05, 3.63) is 0 Å². The predicted molar refractivity (Wildman–Crippen MR) is 98.0 cm³/mol. The van der Waals surface area contributed by atoms with Crippen molar-refractivity contribution in [2.75, 3.05) is 18.1 Å². The lowest BCUT2D eigenvalue weighted by Gasteiger charge is -2.23. The van der Waals surface area contributed by atoms with Crippen LogP contribution >= 0.6 is 0 Å². The molecule has 0 unspecified atom stereocenters. The van der Waals surface area contributed by atoms with Gasteiger partial charge < -0.3 is 10.1 Å². The number of rotatable bonds is 12. The molecule has 1 aliphatic rings. The Kier molecular flexibility index (Phi) is 9.71. The van der Waals surface area contributed by atoms with E-state index in [-0.39, 0.29) is 11.5 Å². The monoisotopic (exact) mass is 361 g/mol. The van der Waals surface area contributed by atoms with Gasteiger partial charge in [-0.3, -0.25) is 0 Å². The van der Waals surface area contributed by atoms with Gasteiger partial charge in [0.25, 0.3) is 0 Å². The van der Waals surface area contributed by atoms with E-state index in [1.807, 2.05) is 0 Å². The number of sulfone groups is 1. The molecule has 0 aromatic carbocycles. The van der Waals surface area contributed by atoms with Crippen molar-refractivity contribution in [1.29, 1.82) is 0 Å². The highest BCUT2D eigenvalue weighted by Gasteiger charge is 2.39. The molecule has 0 radical (unpaired) electrons. The Morgan fingerprint density at radius 2 is 1.54 bits per heavy atom. The van der Waals surface area contributed by atoms with E-state index in [4.69, 9.17) is 4.74 Å². The molecule has 0 spiro atoms. The molecule has 0 aromatic rings. The molecule has 0 aromatic heterocycles. The van der Waals surface area contributed by atoms with Gasteiger partial charge in [0.05, 0.1) is 23.7 Å². The van der Waals surface area contributed by atoms with Crippen LogP contribution in [0, 0.1) is 0 Å². The molecule has 1 aliphatic heterocycles. The molecule has 0 bridgehead atoms. The number of hydrogen-bond acceptors (Lipinski definition) is 4. The number of carbonyl (C=O) groups is 1. The molecule has 24 heavy (non-hydrogen) atoms. The summed E-state index contributed by atoms with van der Waals surface area (Å²) in [5.41, 5.74) is -0.673. The van der Waals surface area contributed by atoms with E-state index in [0.717, 1.165) is 12.8 Å². The van der Waals surface area contributed by atoms with Crippen LogP contribution in [0.3, 0.4) is 0 Å². The fourth-order valence-corrected chi connectivity index (χ4v) is 5.24. The van der Waals surface area contributed by atoms with Gasteiger partial charge in [-0.25, -0.2) is 13.2 Å². The second-order valence-corrected chi connectivity index (χ2v) is 9.53. The van der Waals surface area contributed by atoms with Gasteiger partial charge in [-0.1, -0.05) is 64.7 Å². The van der Waals surface area contributed by atoms with Crippen molar-refractivity contribution in [3.63, 3.8) is 0 Å². The lowest BCUT2D eigenvalue weighted by molar-refractivity contribution is 0.134. The summed E-state index contributed by atoms with van der Waals surface area (Å²) < 4.78 is 28.2. The fraction of sp³-hybridized carbons (Fsp3) is 0.944. The van der Waals surface area contributed by atoms with Crippen LogP contribution in [0.4, 0.5) is 4.79 Å². The summed E-state index contributed by atoms with van der Waals surface area (Å²) in [6.07, 6.45) is 12.4. The minimum absolute atomic E-state index is 0.00730. The van der Waals surface area contributed by atoms with Crippen molar-refractivity contribution in [2.24, 2.45) is 0 Å². The molecule has 1 saturated heterocycles. The molecular formula is C18H35NO4S. The van der Waals surface area contributed by atoms with E-state index >= 15 is 0 Å². The highest BCUT2D eigenvalue weighted by atomic mass is 32.2. The molecule has 1 fully saturated rings. The first-order valence-electron chi connectivity index (χ1n) is 9.52. The molecule has 1 atom stereocenters. The first-order chi connectivity index (χ1) is 11.4. The number of alkyl carbamates (subject to hydrolysis) is 1. The number of carbonyl (C=O) groups excluding carboxylic acids is 1. The van der Waals surface area contributed by atoms with Crippen molar-refractivity contribution < 1.29 is 17.9 Å². The van der Waals surface area contributed by atoms with Crippen molar-refractivity contribution in [2.45, 2.75) is 90.0 Å². The molecule has 1 amide bonds. The van der Waals surface area contributed by atoms with Crippen LogP contribution in [0.5, 0.6) is 0 Å². The van der Waals surface area contributed by atoms with Crippen LogP contribution in [0.15, 0.2) is 0 Å². The van der Waals surface area contributed by atoms with Gasteiger partial charge in [0.15, 0.2) is 9.84 Å². The Balaban J connectivity index is 1.95. The van der Waals surface area contributed by atoms with E-state index in [1.54, 1.807) is 6.92 Å². The van der Waals surface area contributed by atoms with E-state index in [9.17, 15) is 13.2 Å². The van der Waals surface area contributed by atoms with Gasteiger partial charge in [-0.2, -0.15) is 0 Å². The minimum atomic E-state index is -3.02. The lowest BCUT2D eigenvalue weighted by Crippen LogP contribution is -2.47. The highest BCUT2D eigenvalue weighted by molar-refractivity contribution is 7.91. The smallest absolute Gasteiger partial charge is 0.407 e. The summed E-state index contributed by atoms with van der Waals surface area (Å²) in [6.45, 7) is 4.41. The topological polar surface area (TPSA) is 72.5 Å². The third-order valence-electron chi connectivity index (χ3n) is 4.64. The molecule has 1 rings (SSSR count). The predicted octanol–water partition coefficient (Wildman–Crippen LogP) is 4.21. The second kappa shape index (κ2) is 11.0. The van der Waals surface area contributed by atoms with Crippen molar-refractivity contribution in [1.82, 2.24) is 5.32 Å². The number of amides is 1. The molecule has 142 valence electrons. The Morgan fingerprint density at radius 1 is 1.00 bits per heavy atom. The van der Waals surface area contributed by atoms with Gasteiger partial charge >= 0.3 is 6.09 Å². The summed E-state index contributed by atoms with van der Waals surface area (Å²) >= 11 is 0. The maximum atomic E-state index is 11.7. The fourth-order valence-electron chi connectivity index (χ4n) is 3.15. The number of nitrogens with one attached hydrogen (secondary N) is 1. The molecule has 0 aliphatic carbocycles. The zero-order chi connectivity index (χ0) is 17.9. The van der Waals surface area contributed by atoms with E-state index < -0.39 is 21.5 Å². The van der Waals surface area contributed by atoms with Crippen molar-refractivity contribution in [3.8, 4) is 0 Å². The average Bonchev–Trinajstić information content (AvgIpc) is 2.78. The van der Waals surface area contributed by atoms with Gasteiger partial charge in [0.2, 0.25) is 0 Å². The van der Waals surface area contributed by atoms with Crippen LogP contribution in [0.2, 0.25) is 0 Å². The Morgan fingerprint density at radius 3 is 2.04 bits per heavy atom. The first kappa shape index (κ1) is 21.3. The number of unbranched alkanes of at least 4 members (excludes halogenated alkanes) is 9. The normalized spacial score (nSPS) is 22.4. The van der Waals surface area contributed by atoms with Crippen LogP contribution in [0.1, 0.15) is 84.5 Å². The van der Waals surface area contributed by atoms with Crippen molar-refractivity contribution >= 4 is 15.9 Å². The zero-order valence-corrected chi connectivity index (χ0v) is 16.3. The van der Waals surface area contributed by atoms with Crippen LogP contribution < -0.4 is 5.32 Å². The summed E-state index contributed by atoms with van der Waals surface area (Å²) in [5.74, 6) is 0.148. The van der Waals surface area contributed by atoms with Gasteiger partial charge in [-0.05, 0) is 19.8 Å². The molecule has 5 nitrogen and oxygen atoms in total. The van der Waals surface area contributed by atoms with E-state index in [0.29, 0.717) is 13.0 Å². The lowest BCUT2D eigenvalue weighted by atomic mass is 10.0. The summed E-state index contributed by atoms with van der Waals surface area (Å²) in [5, 5.41) is 2.71.